The third-order valence-corrected chi connectivity index (χ3v) is 6.45. The highest BCUT2D eigenvalue weighted by Gasteiger charge is 2.34. The van der Waals surface area contributed by atoms with E-state index in [2.05, 4.69) is 10.3 Å². The summed E-state index contributed by atoms with van der Waals surface area (Å²) in [6.07, 6.45) is 1.84. The largest absolute Gasteiger partial charge is 0.493 e. The van der Waals surface area contributed by atoms with Gasteiger partial charge in [-0.1, -0.05) is 51.4 Å². The third kappa shape index (κ3) is 8.08. The number of carbonyl (C=O) groups is 3. The minimum atomic E-state index is -1.01. The minimum Gasteiger partial charge on any atom is -0.493 e. The van der Waals surface area contributed by atoms with E-state index in [9.17, 15) is 14.4 Å². The Morgan fingerprint density at radius 3 is 2.24 bits per heavy atom. The van der Waals surface area contributed by atoms with Gasteiger partial charge in [-0.2, -0.15) is 0 Å². The van der Waals surface area contributed by atoms with Gasteiger partial charge in [-0.05, 0) is 43.7 Å². The Hall–Kier alpha value is -3.33. The summed E-state index contributed by atoms with van der Waals surface area (Å²) in [7, 11) is 1.38. The van der Waals surface area contributed by atoms with E-state index in [1.165, 1.54) is 26.3 Å². The molecule has 0 spiro atoms. The number of para-hydroxylation sites is 1. The van der Waals surface area contributed by atoms with E-state index >= 15 is 0 Å². The summed E-state index contributed by atoms with van der Waals surface area (Å²) in [5.74, 6) is -1.70. The second-order valence-corrected chi connectivity index (χ2v) is 9.62. The number of hydrogen-bond donors (Lipinski definition) is 1. The van der Waals surface area contributed by atoms with E-state index in [-0.39, 0.29) is 29.0 Å². The lowest BCUT2D eigenvalue weighted by Gasteiger charge is -2.32. The fourth-order valence-corrected chi connectivity index (χ4v) is 4.22. The Morgan fingerprint density at radius 1 is 1.03 bits per heavy atom. The minimum absolute atomic E-state index is 0.0911. The van der Waals surface area contributed by atoms with E-state index in [0.717, 1.165) is 12.8 Å². The SMILES string of the molecule is CCC(CC)[C@@H](Oc1ccccc1Cl)[C@H](C)OC(=O)[C@@H](NC(=O)c1nccc(OC)c1OC(C)=O)C(C)C. The molecule has 0 aliphatic carbocycles. The van der Waals surface area contributed by atoms with Gasteiger partial charge < -0.3 is 24.3 Å². The van der Waals surface area contributed by atoms with Gasteiger partial charge in [0, 0.05) is 19.2 Å². The van der Waals surface area contributed by atoms with Crippen LogP contribution in [0.4, 0.5) is 0 Å². The number of hydrogen-bond acceptors (Lipinski definition) is 8. The topological polar surface area (TPSA) is 113 Å². The average Bonchev–Trinajstić information content (AvgIpc) is 2.87. The zero-order chi connectivity index (χ0) is 28.4. The van der Waals surface area contributed by atoms with E-state index in [0.29, 0.717) is 10.8 Å². The number of rotatable bonds is 13. The van der Waals surface area contributed by atoms with Gasteiger partial charge in [-0.15, -0.1) is 0 Å². The molecule has 0 unspecified atom stereocenters. The lowest BCUT2D eigenvalue weighted by atomic mass is 9.93. The molecule has 1 amide bonds. The van der Waals surface area contributed by atoms with Crippen molar-refractivity contribution in [2.75, 3.05) is 7.11 Å². The van der Waals surface area contributed by atoms with E-state index in [1.54, 1.807) is 32.9 Å². The molecule has 2 aromatic rings. The van der Waals surface area contributed by atoms with Gasteiger partial charge in [0.05, 0.1) is 12.1 Å². The number of nitrogens with zero attached hydrogens (tertiary/aromatic N) is 1. The van der Waals surface area contributed by atoms with Gasteiger partial charge >= 0.3 is 11.9 Å². The predicted octanol–water partition coefficient (Wildman–Crippen LogP) is 5.24. The molecule has 0 fully saturated rings. The summed E-state index contributed by atoms with van der Waals surface area (Å²) in [5.41, 5.74) is -0.192. The van der Waals surface area contributed by atoms with Gasteiger partial charge in [0.2, 0.25) is 5.75 Å². The molecule has 10 heteroatoms. The van der Waals surface area contributed by atoms with Crippen LogP contribution in [0.5, 0.6) is 17.2 Å². The number of nitrogens with one attached hydrogen (secondary N) is 1. The predicted molar refractivity (Wildman–Crippen MR) is 144 cm³/mol. The van der Waals surface area contributed by atoms with E-state index in [1.807, 2.05) is 26.0 Å². The molecule has 0 saturated heterocycles. The molecular weight excluding hydrogens is 512 g/mol. The van der Waals surface area contributed by atoms with Gasteiger partial charge in [0.25, 0.3) is 5.91 Å². The van der Waals surface area contributed by atoms with Gasteiger partial charge in [0.1, 0.15) is 24.0 Å². The van der Waals surface area contributed by atoms with Crippen LogP contribution >= 0.6 is 11.6 Å². The van der Waals surface area contributed by atoms with Crippen molar-refractivity contribution in [3.63, 3.8) is 0 Å². The van der Waals surface area contributed by atoms with Crippen LogP contribution in [-0.4, -0.2) is 48.2 Å². The Balaban J connectivity index is 2.27. The fourth-order valence-electron chi connectivity index (χ4n) is 4.04. The molecule has 0 radical (unpaired) electrons. The monoisotopic (exact) mass is 548 g/mol. The molecule has 1 heterocycles. The molecule has 3 atom stereocenters. The van der Waals surface area contributed by atoms with Crippen LogP contribution in [0.1, 0.15) is 64.9 Å². The number of aromatic nitrogens is 1. The molecule has 0 bridgehead atoms. The summed E-state index contributed by atoms with van der Waals surface area (Å²) in [4.78, 5) is 42.1. The summed E-state index contributed by atoms with van der Waals surface area (Å²) < 4.78 is 22.5. The first kappa shape index (κ1) is 30.9. The smallest absolute Gasteiger partial charge is 0.329 e. The second-order valence-electron chi connectivity index (χ2n) is 9.21. The zero-order valence-corrected chi connectivity index (χ0v) is 23.7. The number of amides is 1. The van der Waals surface area contributed by atoms with Crippen molar-refractivity contribution in [2.24, 2.45) is 11.8 Å². The molecule has 1 aromatic heterocycles. The molecule has 1 aromatic carbocycles. The number of benzene rings is 1. The van der Waals surface area contributed by atoms with Crippen molar-refractivity contribution in [2.45, 2.75) is 72.6 Å². The Kier molecular flexibility index (Phi) is 11.8. The average molecular weight is 549 g/mol. The van der Waals surface area contributed by atoms with E-state index < -0.39 is 36.1 Å². The lowest BCUT2D eigenvalue weighted by molar-refractivity contribution is -0.158. The van der Waals surface area contributed by atoms with E-state index in [4.69, 9.17) is 30.5 Å². The van der Waals surface area contributed by atoms with Gasteiger partial charge in [0.15, 0.2) is 11.4 Å². The summed E-state index contributed by atoms with van der Waals surface area (Å²) >= 11 is 6.32. The molecule has 208 valence electrons. The first-order valence-corrected chi connectivity index (χ1v) is 13.1. The highest BCUT2D eigenvalue weighted by atomic mass is 35.5. The van der Waals surface area contributed by atoms with Crippen molar-refractivity contribution < 1.29 is 33.3 Å². The third-order valence-electron chi connectivity index (χ3n) is 6.13. The standard InChI is InChI=1S/C28H37ClN2O7/c1-8-19(9-2)25(38-21-13-11-10-12-20(21)29)17(5)36-28(34)23(16(3)4)31-27(33)24-26(37-18(6)32)22(35-7)14-15-30-24/h10-17,19,23,25H,8-9H2,1-7H3,(H,31,33)/t17-,23-,25-/m0/s1. The summed E-state index contributed by atoms with van der Waals surface area (Å²) in [5, 5.41) is 3.13. The number of ether oxygens (including phenoxy) is 4. The summed E-state index contributed by atoms with van der Waals surface area (Å²) in [6.45, 7) is 10.6. The van der Waals surface area contributed by atoms with Crippen LogP contribution in [0, 0.1) is 11.8 Å². The number of methoxy groups -OCH3 is 1. The highest BCUT2D eigenvalue weighted by Crippen LogP contribution is 2.31. The number of pyridine rings is 1. The number of esters is 2. The van der Waals surface area contributed by atoms with Crippen molar-refractivity contribution in [1.29, 1.82) is 0 Å². The fraction of sp³-hybridized carbons (Fsp3) is 0.500. The van der Waals surface area contributed by atoms with Crippen molar-refractivity contribution in [1.82, 2.24) is 10.3 Å². The molecule has 0 aliphatic heterocycles. The maximum Gasteiger partial charge on any atom is 0.329 e. The van der Waals surface area contributed by atoms with Crippen LogP contribution < -0.4 is 19.5 Å². The molecule has 1 N–H and O–H groups in total. The highest BCUT2D eigenvalue weighted by molar-refractivity contribution is 6.32. The molecule has 0 saturated carbocycles. The van der Waals surface area contributed by atoms with Crippen LogP contribution in [-0.2, 0) is 14.3 Å². The number of halogens is 1. The Bertz CT molecular complexity index is 1100. The van der Waals surface area contributed by atoms with Crippen LogP contribution in [0.2, 0.25) is 5.02 Å². The normalized spacial score (nSPS) is 13.4. The van der Waals surface area contributed by atoms with Crippen LogP contribution in [0.3, 0.4) is 0 Å². The maximum absolute atomic E-state index is 13.3. The van der Waals surface area contributed by atoms with Gasteiger partial charge in [-0.25, -0.2) is 9.78 Å². The molecule has 0 aliphatic rings. The molecule has 9 nitrogen and oxygen atoms in total. The molecule has 38 heavy (non-hydrogen) atoms. The van der Waals surface area contributed by atoms with Crippen LogP contribution in [0.25, 0.3) is 0 Å². The number of carbonyl (C=O) groups excluding carboxylic acids is 3. The first-order valence-electron chi connectivity index (χ1n) is 12.7. The Labute approximate surface area is 229 Å². The van der Waals surface area contributed by atoms with Crippen molar-refractivity contribution in [3.05, 3.63) is 47.2 Å². The molecular formula is C28H37ClN2O7. The lowest BCUT2D eigenvalue weighted by Crippen LogP contribution is -2.48. The van der Waals surface area contributed by atoms with Gasteiger partial charge in [-0.3, -0.25) is 9.59 Å². The zero-order valence-electron chi connectivity index (χ0n) is 22.9. The maximum atomic E-state index is 13.3. The first-order chi connectivity index (χ1) is 18.0. The second kappa shape index (κ2) is 14.6. The van der Waals surface area contributed by atoms with Crippen LogP contribution in [0.15, 0.2) is 36.5 Å². The quantitative estimate of drug-likeness (QED) is 0.338. The Morgan fingerprint density at radius 2 is 1.68 bits per heavy atom. The summed E-state index contributed by atoms with van der Waals surface area (Å²) in [6, 6.07) is 7.59. The van der Waals surface area contributed by atoms with Crippen molar-refractivity contribution >= 4 is 29.4 Å². The van der Waals surface area contributed by atoms with Crippen molar-refractivity contribution in [3.8, 4) is 17.2 Å². The molecule has 2 rings (SSSR count).